The lowest BCUT2D eigenvalue weighted by Gasteiger charge is -2.08. The van der Waals surface area contributed by atoms with E-state index in [9.17, 15) is 9.59 Å². The SMILES string of the molecule is CC(=O)C(O)OC(=O)c1ccccc1. The van der Waals surface area contributed by atoms with E-state index in [0.717, 1.165) is 6.92 Å². The molecule has 0 spiro atoms. The number of hydrogen-bond donors (Lipinski definition) is 1. The van der Waals surface area contributed by atoms with Gasteiger partial charge in [-0.15, -0.1) is 0 Å². The molecule has 74 valence electrons. The van der Waals surface area contributed by atoms with Crippen molar-refractivity contribution in [2.45, 2.75) is 13.2 Å². The molecule has 0 aliphatic rings. The van der Waals surface area contributed by atoms with E-state index < -0.39 is 18.0 Å². The third-order valence-corrected chi connectivity index (χ3v) is 1.58. The number of rotatable bonds is 3. The third kappa shape index (κ3) is 2.67. The molecule has 1 unspecified atom stereocenters. The van der Waals surface area contributed by atoms with Crippen LogP contribution in [0.1, 0.15) is 17.3 Å². The van der Waals surface area contributed by atoms with Crippen LogP contribution in [0.4, 0.5) is 0 Å². The molecule has 0 saturated heterocycles. The monoisotopic (exact) mass is 194 g/mol. The molecule has 1 rings (SSSR count). The Bertz CT molecular complexity index is 331. The molecule has 4 nitrogen and oxygen atoms in total. The van der Waals surface area contributed by atoms with Crippen molar-refractivity contribution < 1.29 is 19.4 Å². The van der Waals surface area contributed by atoms with E-state index in [2.05, 4.69) is 4.74 Å². The highest BCUT2D eigenvalue weighted by atomic mass is 16.6. The van der Waals surface area contributed by atoms with Gasteiger partial charge in [-0.25, -0.2) is 4.79 Å². The number of aliphatic hydroxyl groups is 1. The lowest BCUT2D eigenvalue weighted by atomic mass is 10.2. The van der Waals surface area contributed by atoms with Crippen LogP contribution < -0.4 is 0 Å². The average molecular weight is 194 g/mol. The molecule has 0 amide bonds. The summed E-state index contributed by atoms with van der Waals surface area (Å²) in [7, 11) is 0. The second-order valence-corrected chi connectivity index (χ2v) is 2.73. The van der Waals surface area contributed by atoms with Crippen molar-refractivity contribution in [3.63, 3.8) is 0 Å². The van der Waals surface area contributed by atoms with Gasteiger partial charge in [-0.3, -0.25) is 4.79 Å². The van der Waals surface area contributed by atoms with Gasteiger partial charge in [0, 0.05) is 6.92 Å². The van der Waals surface area contributed by atoms with Gasteiger partial charge in [0.25, 0.3) is 6.29 Å². The van der Waals surface area contributed by atoms with E-state index in [-0.39, 0.29) is 0 Å². The molecule has 14 heavy (non-hydrogen) atoms. The first-order valence-electron chi connectivity index (χ1n) is 4.06. The summed E-state index contributed by atoms with van der Waals surface area (Å²) in [6.07, 6.45) is -1.68. The Hall–Kier alpha value is -1.68. The molecule has 0 aliphatic carbocycles. The predicted molar refractivity (Wildman–Crippen MR) is 48.5 cm³/mol. The number of ketones is 1. The van der Waals surface area contributed by atoms with Crippen LogP contribution >= 0.6 is 0 Å². The van der Waals surface area contributed by atoms with Crippen molar-refractivity contribution in [3.8, 4) is 0 Å². The average Bonchev–Trinajstić information content (AvgIpc) is 2.19. The van der Waals surface area contributed by atoms with Crippen LogP contribution in [0.25, 0.3) is 0 Å². The Kier molecular flexibility index (Phi) is 3.36. The van der Waals surface area contributed by atoms with Crippen molar-refractivity contribution in [2.75, 3.05) is 0 Å². The van der Waals surface area contributed by atoms with Crippen molar-refractivity contribution in [1.29, 1.82) is 0 Å². The van der Waals surface area contributed by atoms with Gasteiger partial charge >= 0.3 is 5.97 Å². The molecule has 1 aromatic rings. The van der Waals surface area contributed by atoms with Crippen molar-refractivity contribution in [2.24, 2.45) is 0 Å². The minimum absolute atomic E-state index is 0.299. The lowest BCUT2D eigenvalue weighted by Crippen LogP contribution is -2.24. The molecular formula is C10H10O4. The fraction of sp³-hybridized carbons (Fsp3) is 0.200. The highest BCUT2D eigenvalue weighted by Crippen LogP contribution is 2.02. The fourth-order valence-electron chi connectivity index (χ4n) is 0.827. The summed E-state index contributed by atoms with van der Waals surface area (Å²) in [6.45, 7) is 1.14. The van der Waals surface area contributed by atoms with E-state index in [1.54, 1.807) is 18.2 Å². The quantitative estimate of drug-likeness (QED) is 0.569. The zero-order chi connectivity index (χ0) is 10.6. The number of carbonyl (C=O) groups excluding carboxylic acids is 2. The maximum Gasteiger partial charge on any atom is 0.340 e. The molecule has 0 saturated carbocycles. The second-order valence-electron chi connectivity index (χ2n) is 2.73. The molecular weight excluding hydrogens is 184 g/mol. The van der Waals surface area contributed by atoms with E-state index >= 15 is 0 Å². The van der Waals surface area contributed by atoms with E-state index in [0.29, 0.717) is 5.56 Å². The number of aliphatic hydroxyl groups excluding tert-OH is 1. The fourth-order valence-corrected chi connectivity index (χ4v) is 0.827. The Balaban J connectivity index is 2.64. The van der Waals surface area contributed by atoms with Crippen LogP contribution in [-0.4, -0.2) is 23.1 Å². The normalized spacial score (nSPS) is 11.9. The first kappa shape index (κ1) is 10.4. The number of benzene rings is 1. The van der Waals surface area contributed by atoms with E-state index in [1.807, 2.05) is 0 Å². The Labute approximate surface area is 81.1 Å². The molecule has 1 aromatic carbocycles. The molecule has 0 aromatic heterocycles. The van der Waals surface area contributed by atoms with Gasteiger partial charge in [0.2, 0.25) is 0 Å². The Morgan fingerprint density at radius 2 is 1.86 bits per heavy atom. The number of esters is 1. The Morgan fingerprint density at radius 3 is 2.36 bits per heavy atom. The second kappa shape index (κ2) is 4.53. The summed E-state index contributed by atoms with van der Waals surface area (Å²) in [6, 6.07) is 8.15. The molecule has 0 radical (unpaired) electrons. The summed E-state index contributed by atoms with van der Waals surface area (Å²) in [5.41, 5.74) is 0.299. The zero-order valence-electron chi connectivity index (χ0n) is 7.64. The predicted octanol–water partition coefficient (Wildman–Crippen LogP) is 0.751. The number of hydrogen-bond acceptors (Lipinski definition) is 4. The van der Waals surface area contributed by atoms with Crippen LogP contribution in [-0.2, 0) is 9.53 Å². The van der Waals surface area contributed by atoms with E-state index in [1.165, 1.54) is 12.1 Å². The molecule has 0 bridgehead atoms. The number of carbonyl (C=O) groups is 2. The van der Waals surface area contributed by atoms with Crippen molar-refractivity contribution in [3.05, 3.63) is 35.9 Å². The van der Waals surface area contributed by atoms with Crippen LogP contribution in [0.15, 0.2) is 30.3 Å². The zero-order valence-corrected chi connectivity index (χ0v) is 7.64. The molecule has 1 atom stereocenters. The van der Waals surface area contributed by atoms with E-state index in [4.69, 9.17) is 5.11 Å². The van der Waals surface area contributed by atoms with Gasteiger partial charge in [-0.1, -0.05) is 18.2 Å². The summed E-state index contributed by atoms with van der Waals surface area (Å²) in [5, 5.41) is 8.97. The summed E-state index contributed by atoms with van der Waals surface area (Å²) < 4.78 is 4.46. The first-order valence-corrected chi connectivity index (χ1v) is 4.06. The largest absolute Gasteiger partial charge is 0.425 e. The van der Waals surface area contributed by atoms with Crippen LogP contribution in [0.2, 0.25) is 0 Å². The summed E-state index contributed by atoms with van der Waals surface area (Å²) in [4.78, 5) is 21.8. The molecule has 0 fully saturated rings. The van der Waals surface area contributed by atoms with Crippen LogP contribution in [0.3, 0.4) is 0 Å². The van der Waals surface area contributed by atoms with Gasteiger partial charge in [0.05, 0.1) is 5.56 Å². The maximum absolute atomic E-state index is 11.2. The standard InChI is InChI=1S/C10H10O4/c1-7(11)9(12)14-10(13)8-5-3-2-4-6-8/h2-6,9,12H,1H3. The smallest absolute Gasteiger partial charge is 0.340 e. The molecule has 4 heteroatoms. The molecule has 0 aliphatic heterocycles. The summed E-state index contributed by atoms with van der Waals surface area (Å²) in [5.74, 6) is -1.32. The number of ether oxygens (including phenoxy) is 1. The van der Waals surface area contributed by atoms with Gasteiger partial charge < -0.3 is 9.84 Å². The number of Topliss-reactive ketones (excluding diaryl/α,β-unsaturated/α-hetero) is 1. The summed E-state index contributed by atoms with van der Waals surface area (Å²) >= 11 is 0. The minimum atomic E-state index is -1.68. The topological polar surface area (TPSA) is 63.6 Å². The third-order valence-electron chi connectivity index (χ3n) is 1.58. The van der Waals surface area contributed by atoms with Crippen molar-refractivity contribution >= 4 is 11.8 Å². The van der Waals surface area contributed by atoms with Crippen molar-refractivity contribution in [1.82, 2.24) is 0 Å². The van der Waals surface area contributed by atoms with Crippen LogP contribution in [0.5, 0.6) is 0 Å². The van der Waals surface area contributed by atoms with Gasteiger partial charge in [-0.05, 0) is 12.1 Å². The Morgan fingerprint density at radius 1 is 1.29 bits per heavy atom. The maximum atomic E-state index is 11.2. The first-order chi connectivity index (χ1) is 6.61. The van der Waals surface area contributed by atoms with Gasteiger partial charge in [-0.2, -0.15) is 0 Å². The molecule has 0 heterocycles. The molecule has 1 N–H and O–H groups in total. The highest BCUT2D eigenvalue weighted by molar-refractivity contribution is 5.91. The van der Waals surface area contributed by atoms with Crippen LogP contribution in [0, 0.1) is 0 Å². The van der Waals surface area contributed by atoms with Gasteiger partial charge in [0.1, 0.15) is 0 Å². The van der Waals surface area contributed by atoms with Gasteiger partial charge in [0.15, 0.2) is 5.78 Å². The lowest BCUT2D eigenvalue weighted by molar-refractivity contribution is -0.144. The minimum Gasteiger partial charge on any atom is -0.425 e. The highest BCUT2D eigenvalue weighted by Gasteiger charge is 2.16.